The van der Waals surface area contributed by atoms with Crippen molar-refractivity contribution in [2.45, 2.75) is 13.0 Å². The van der Waals surface area contributed by atoms with E-state index in [2.05, 4.69) is 15.5 Å². The lowest BCUT2D eigenvalue weighted by molar-refractivity contribution is 0.0692. The predicted octanol–water partition coefficient (Wildman–Crippen LogP) is 3.58. The van der Waals surface area contributed by atoms with Crippen LogP contribution >= 0.6 is 11.6 Å². The Balaban J connectivity index is 1.89. The molecule has 3 aromatic rings. The summed E-state index contributed by atoms with van der Waals surface area (Å²) in [7, 11) is 0. The maximum Gasteiger partial charge on any atom is 0.341 e. The number of nitrogens with one attached hydrogen (secondary N) is 1. The van der Waals surface area contributed by atoms with Gasteiger partial charge in [0, 0.05) is 28.5 Å². The predicted molar refractivity (Wildman–Crippen MR) is 94.0 cm³/mol. The van der Waals surface area contributed by atoms with E-state index >= 15 is 0 Å². The topological polar surface area (TPSA) is 105 Å². The minimum Gasteiger partial charge on any atom is -0.477 e. The van der Waals surface area contributed by atoms with Gasteiger partial charge in [-0.05, 0) is 43.3 Å². The van der Waals surface area contributed by atoms with Crippen molar-refractivity contribution >= 4 is 23.5 Å². The van der Waals surface area contributed by atoms with E-state index < -0.39 is 12.0 Å². The molecular weight excluding hydrogens is 358 g/mol. The van der Waals surface area contributed by atoms with Crippen LogP contribution in [0.5, 0.6) is 0 Å². The van der Waals surface area contributed by atoms with Crippen LogP contribution in [0.4, 0.5) is 0 Å². The number of pyridine rings is 1. The molecular formula is C18H14ClN3O4. The van der Waals surface area contributed by atoms with Gasteiger partial charge in [-0.2, -0.15) is 0 Å². The number of carbonyl (C=O) groups is 2. The zero-order valence-corrected chi connectivity index (χ0v) is 14.4. The molecule has 26 heavy (non-hydrogen) atoms. The van der Waals surface area contributed by atoms with Crippen LogP contribution in [0, 0.1) is 0 Å². The Morgan fingerprint density at radius 3 is 2.58 bits per heavy atom. The molecule has 1 atom stereocenters. The highest BCUT2D eigenvalue weighted by Crippen LogP contribution is 2.28. The molecule has 7 nitrogen and oxygen atoms in total. The van der Waals surface area contributed by atoms with Crippen molar-refractivity contribution in [1.82, 2.24) is 15.5 Å². The van der Waals surface area contributed by atoms with E-state index in [1.54, 1.807) is 49.5 Å². The molecule has 8 heteroatoms. The van der Waals surface area contributed by atoms with E-state index in [-0.39, 0.29) is 22.9 Å². The highest BCUT2D eigenvalue weighted by atomic mass is 35.5. The summed E-state index contributed by atoms with van der Waals surface area (Å²) in [6.45, 7) is 1.62. The molecule has 3 rings (SSSR count). The summed E-state index contributed by atoms with van der Waals surface area (Å²) in [5.41, 5.74) is 0.955. The molecule has 0 fully saturated rings. The summed E-state index contributed by atoms with van der Waals surface area (Å²) < 4.78 is 5.23. The fourth-order valence-electron chi connectivity index (χ4n) is 2.45. The van der Waals surface area contributed by atoms with Crippen molar-refractivity contribution in [3.05, 3.63) is 70.7 Å². The zero-order valence-electron chi connectivity index (χ0n) is 13.6. The summed E-state index contributed by atoms with van der Waals surface area (Å²) >= 11 is 5.81. The van der Waals surface area contributed by atoms with Crippen molar-refractivity contribution in [1.29, 1.82) is 0 Å². The van der Waals surface area contributed by atoms with Gasteiger partial charge in [-0.3, -0.25) is 9.78 Å². The van der Waals surface area contributed by atoms with Crippen LogP contribution in [0.1, 0.15) is 39.4 Å². The number of hydrogen-bond acceptors (Lipinski definition) is 5. The number of halogens is 1. The van der Waals surface area contributed by atoms with Gasteiger partial charge in [0.1, 0.15) is 11.3 Å². The number of amides is 1. The Hall–Kier alpha value is -3.19. The number of carboxylic acid groups (broad SMARTS) is 1. The number of rotatable bonds is 5. The smallest absolute Gasteiger partial charge is 0.341 e. The van der Waals surface area contributed by atoms with Crippen LogP contribution in [-0.4, -0.2) is 27.1 Å². The second-order valence-corrected chi connectivity index (χ2v) is 5.96. The molecule has 0 aliphatic carbocycles. The fourth-order valence-corrected chi connectivity index (χ4v) is 2.58. The number of benzene rings is 1. The van der Waals surface area contributed by atoms with Crippen LogP contribution in [0.15, 0.2) is 53.3 Å². The molecule has 0 radical (unpaired) electrons. The first-order valence-electron chi connectivity index (χ1n) is 7.67. The largest absolute Gasteiger partial charge is 0.477 e. The third-order valence-electron chi connectivity index (χ3n) is 3.71. The molecule has 0 aliphatic rings. The summed E-state index contributed by atoms with van der Waals surface area (Å²) in [4.78, 5) is 28.0. The van der Waals surface area contributed by atoms with E-state index in [1.807, 2.05) is 0 Å². The highest BCUT2D eigenvalue weighted by molar-refractivity contribution is 6.30. The second-order valence-electron chi connectivity index (χ2n) is 5.52. The lowest BCUT2D eigenvalue weighted by Crippen LogP contribution is -2.27. The average molecular weight is 372 g/mol. The standard InChI is InChI=1S/C18H14ClN3O4/c1-10(21-17(23)11-4-6-13(19)7-5-11)16-14(18(24)25)15(22-26-16)12-3-2-8-20-9-12/h2-10H,1H3,(H,21,23)(H,24,25). The van der Waals surface area contributed by atoms with Gasteiger partial charge in [-0.1, -0.05) is 16.8 Å². The molecule has 0 saturated heterocycles. The Bertz CT molecular complexity index is 939. The monoisotopic (exact) mass is 371 g/mol. The fraction of sp³-hybridized carbons (Fsp3) is 0.111. The second kappa shape index (κ2) is 7.37. The van der Waals surface area contributed by atoms with Gasteiger partial charge in [0.05, 0.1) is 6.04 Å². The Kier molecular flexibility index (Phi) is 4.99. The van der Waals surface area contributed by atoms with Gasteiger partial charge in [0.15, 0.2) is 5.76 Å². The SMILES string of the molecule is CC(NC(=O)c1ccc(Cl)cc1)c1onc(-c2cccnc2)c1C(=O)O. The highest BCUT2D eigenvalue weighted by Gasteiger charge is 2.28. The first-order chi connectivity index (χ1) is 12.5. The van der Waals surface area contributed by atoms with E-state index in [9.17, 15) is 14.7 Å². The zero-order chi connectivity index (χ0) is 18.7. The van der Waals surface area contributed by atoms with Crippen molar-refractivity contribution in [3.63, 3.8) is 0 Å². The quantitative estimate of drug-likeness (QED) is 0.710. The summed E-state index contributed by atoms with van der Waals surface area (Å²) in [5.74, 6) is -1.53. The van der Waals surface area contributed by atoms with Gasteiger partial charge in [-0.15, -0.1) is 0 Å². The number of nitrogens with zero attached hydrogens (tertiary/aromatic N) is 2. The Labute approximate surface area is 153 Å². The molecule has 0 saturated carbocycles. The van der Waals surface area contributed by atoms with Crippen LogP contribution in [0.25, 0.3) is 11.3 Å². The van der Waals surface area contributed by atoms with Crippen molar-refractivity contribution in [3.8, 4) is 11.3 Å². The van der Waals surface area contributed by atoms with Crippen LogP contribution in [-0.2, 0) is 0 Å². The molecule has 2 aromatic heterocycles. The van der Waals surface area contributed by atoms with E-state index in [1.165, 1.54) is 6.20 Å². The molecule has 0 spiro atoms. The molecule has 1 amide bonds. The van der Waals surface area contributed by atoms with E-state index in [0.29, 0.717) is 16.1 Å². The number of hydrogen-bond donors (Lipinski definition) is 2. The molecule has 2 heterocycles. The van der Waals surface area contributed by atoms with Crippen molar-refractivity contribution < 1.29 is 19.2 Å². The minimum atomic E-state index is -1.20. The van der Waals surface area contributed by atoms with Crippen molar-refractivity contribution in [2.75, 3.05) is 0 Å². The Morgan fingerprint density at radius 2 is 1.96 bits per heavy atom. The minimum absolute atomic E-state index is 0.0543. The lowest BCUT2D eigenvalue weighted by atomic mass is 10.0. The maximum atomic E-state index is 12.3. The van der Waals surface area contributed by atoms with Gasteiger partial charge in [0.25, 0.3) is 5.91 Å². The third-order valence-corrected chi connectivity index (χ3v) is 3.97. The van der Waals surface area contributed by atoms with Gasteiger partial charge >= 0.3 is 5.97 Å². The number of carboxylic acids is 1. The lowest BCUT2D eigenvalue weighted by Gasteiger charge is -2.12. The Morgan fingerprint density at radius 1 is 1.23 bits per heavy atom. The number of aromatic nitrogens is 2. The summed E-state index contributed by atoms with van der Waals surface area (Å²) in [6.07, 6.45) is 3.06. The normalized spacial score (nSPS) is 11.8. The van der Waals surface area contributed by atoms with Gasteiger partial charge in [0.2, 0.25) is 0 Å². The first kappa shape index (κ1) is 17.6. The molecule has 132 valence electrons. The average Bonchev–Trinajstić information content (AvgIpc) is 3.08. The summed E-state index contributed by atoms with van der Waals surface area (Å²) in [6, 6.07) is 8.98. The van der Waals surface area contributed by atoms with Crippen LogP contribution in [0.2, 0.25) is 5.02 Å². The molecule has 0 aliphatic heterocycles. The molecule has 2 N–H and O–H groups in total. The van der Waals surface area contributed by atoms with Gasteiger partial charge in [-0.25, -0.2) is 4.79 Å². The number of aromatic carboxylic acids is 1. The third kappa shape index (κ3) is 3.57. The molecule has 0 bridgehead atoms. The number of carbonyl (C=O) groups excluding carboxylic acids is 1. The van der Waals surface area contributed by atoms with Crippen molar-refractivity contribution in [2.24, 2.45) is 0 Å². The first-order valence-corrected chi connectivity index (χ1v) is 8.05. The molecule has 1 aromatic carbocycles. The molecule has 1 unspecified atom stereocenters. The van der Waals surface area contributed by atoms with E-state index in [4.69, 9.17) is 16.1 Å². The van der Waals surface area contributed by atoms with Crippen LogP contribution < -0.4 is 5.32 Å². The van der Waals surface area contributed by atoms with Gasteiger partial charge < -0.3 is 14.9 Å². The van der Waals surface area contributed by atoms with Crippen LogP contribution in [0.3, 0.4) is 0 Å². The maximum absolute atomic E-state index is 12.3. The summed E-state index contributed by atoms with van der Waals surface area (Å²) in [5, 5.41) is 16.6. The van der Waals surface area contributed by atoms with E-state index in [0.717, 1.165) is 0 Å².